The van der Waals surface area contributed by atoms with Crippen LogP contribution in [0.15, 0.2) is 53.9 Å². The van der Waals surface area contributed by atoms with E-state index in [1.165, 1.54) is 11.3 Å². The number of benzene rings is 2. The number of carbonyl (C=O) groups is 1. The first-order valence-electron chi connectivity index (χ1n) is 10.1. The average Bonchev–Trinajstić information content (AvgIpc) is 3.24. The molecular formula is C24H28N2O4S. The molecule has 0 atom stereocenters. The Hall–Kier alpha value is -3.06. The molecule has 0 spiro atoms. The molecule has 1 amide bonds. The Labute approximate surface area is 187 Å². The van der Waals surface area contributed by atoms with Gasteiger partial charge in [0.25, 0.3) is 5.91 Å². The van der Waals surface area contributed by atoms with Crippen LogP contribution in [-0.2, 0) is 13.2 Å². The highest BCUT2D eigenvalue weighted by Crippen LogP contribution is 2.21. The molecule has 2 aromatic carbocycles. The molecule has 0 saturated heterocycles. The maximum atomic E-state index is 13.1. The number of methoxy groups -OCH3 is 2. The third-order valence-corrected chi connectivity index (χ3v) is 5.43. The molecule has 31 heavy (non-hydrogen) atoms. The number of rotatable bonds is 10. The number of amides is 1. The van der Waals surface area contributed by atoms with Crippen molar-refractivity contribution in [2.75, 3.05) is 20.8 Å². The Balaban J connectivity index is 1.66. The summed E-state index contributed by atoms with van der Waals surface area (Å²) in [5.74, 6) is 2.52. The van der Waals surface area contributed by atoms with Gasteiger partial charge in [-0.25, -0.2) is 4.98 Å². The van der Waals surface area contributed by atoms with Crippen molar-refractivity contribution in [1.29, 1.82) is 0 Å². The van der Waals surface area contributed by atoms with Crippen molar-refractivity contribution in [2.24, 2.45) is 5.92 Å². The molecule has 1 aromatic heterocycles. The van der Waals surface area contributed by atoms with Crippen molar-refractivity contribution in [3.05, 3.63) is 70.2 Å². The summed E-state index contributed by atoms with van der Waals surface area (Å²) in [6.07, 6.45) is 0. The summed E-state index contributed by atoms with van der Waals surface area (Å²) in [4.78, 5) is 19.6. The minimum Gasteiger partial charge on any atom is -0.497 e. The van der Waals surface area contributed by atoms with Crippen molar-refractivity contribution >= 4 is 17.2 Å². The minimum absolute atomic E-state index is 0.0309. The van der Waals surface area contributed by atoms with E-state index in [0.717, 1.165) is 22.2 Å². The summed E-state index contributed by atoms with van der Waals surface area (Å²) in [7, 11) is 3.23. The summed E-state index contributed by atoms with van der Waals surface area (Å²) in [6, 6.07) is 14.7. The molecule has 0 unspecified atom stereocenters. The van der Waals surface area contributed by atoms with Crippen LogP contribution in [0.5, 0.6) is 17.2 Å². The Morgan fingerprint density at radius 2 is 1.74 bits per heavy atom. The lowest BCUT2D eigenvalue weighted by molar-refractivity contribution is 0.0720. The zero-order valence-electron chi connectivity index (χ0n) is 18.3. The lowest BCUT2D eigenvalue weighted by Crippen LogP contribution is -2.33. The molecular weight excluding hydrogens is 412 g/mol. The molecule has 7 heteroatoms. The fourth-order valence-corrected chi connectivity index (χ4v) is 3.80. The normalized spacial score (nSPS) is 10.7. The van der Waals surface area contributed by atoms with E-state index in [0.29, 0.717) is 36.9 Å². The molecule has 1 heterocycles. The second-order valence-electron chi connectivity index (χ2n) is 7.51. The first-order chi connectivity index (χ1) is 15.0. The highest BCUT2D eigenvalue weighted by Gasteiger charge is 2.19. The topological polar surface area (TPSA) is 60.9 Å². The first kappa shape index (κ1) is 22.6. The molecule has 0 aliphatic heterocycles. The van der Waals surface area contributed by atoms with Crippen LogP contribution in [0.2, 0.25) is 0 Å². The summed E-state index contributed by atoms with van der Waals surface area (Å²) in [5.41, 5.74) is 1.47. The van der Waals surface area contributed by atoms with Crippen LogP contribution in [0.4, 0.5) is 0 Å². The van der Waals surface area contributed by atoms with Gasteiger partial charge in [-0.15, -0.1) is 11.3 Å². The molecule has 0 bridgehead atoms. The molecule has 0 saturated carbocycles. The quantitative estimate of drug-likeness (QED) is 0.442. The molecule has 3 rings (SSSR count). The molecule has 0 aliphatic rings. The zero-order chi connectivity index (χ0) is 22.2. The van der Waals surface area contributed by atoms with Crippen LogP contribution >= 0.6 is 11.3 Å². The number of hydrogen-bond donors (Lipinski definition) is 0. The Bertz CT molecular complexity index is 985. The monoisotopic (exact) mass is 440 g/mol. The average molecular weight is 441 g/mol. The van der Waals surface area contributed by atoms with Crippen molar-refractivity contribution in [3.8, 4) is 17.2 Å². The fourth-order valence-electron chi connectivity index (χ4n) is 3.10. The Morgan fingerprint density at radius 3 is 2.42 bits per heavy atom. The summed E-state index contributed by atoms with van der Waals surface area (Å²) < 4.78 is 16.2. The van der Waals surface area contributed by atoms with E-state index >= 15 is 0 Å². The molecule has 0 fully saturated rings. The van der Waals surface area contributed by atoms with Gasteiger partial charge in [0, 0.05) is 17.5 Å². The van der Waals surface area contributed by atoms with Crippen molar-refractivity contribution < 1.29 is 19.0 Å². The largest absolute Gasteiger partial charge is 0.497 e. The van der Waals surface area contributed by atoms with Crippen LogP contribution in [0.1, 0.15) is 34.9 Å². The van der Waals surface area contributed by atoms with Gasteiger partial charge in [0.1, 0.15) is 28.9 Å². The van der Waals surface area contributed by atoms with Gasteiger partial charge in [0.05, 0.1) is 26.5 Å². The van der Waals surface area contributed by atoms with E-state index in [4.69, 9.17) is 14.2 Å². The van der Waals surface area contributed by atoms with Gasteiger partial charge in [-0.2, -0.15) is 0 Å². The van der Waals surface area contributed by atoms with E-state index in [-0.39, 0.29) is 5.91 Å². The van der Waals surface area contributed by atoms with Crippen LogP contribution in [0.3, 0.4) is 0 Å². The number of carbonyl (C=O) groups excluding carboxylic acids is 1. The van der Waals surface area contributed by atoms with Gasteiger partial charge in [0.2, 0.25) is 0 Å². The molecule has 0 N–H and O–H groups in total. The number of aromatic nitrogens is 1. The SMILES string of the molecule is COc1ccc(OCc2nc(CN(CC(C)C)C(=O)c3cccc(OC)c3)cs2)cc1. The highest BCUT2D eigenvalue weighted by molar-refractivity contribution is 7.09. The number of nitrogens with zero attached hydrogens (tertiary/aromatic N) is 2. The maximum absolute atomic E-state index is 13.1. The Morgan fingerprint density at radius 1 is 1.03 bits per heavy atom. The number of ether oxygens (including phenoxy) is 3. The van der Waals surface area contributed by atoms with Gasteiger partial charge >= 0.3 is 0 Å². The third kappa shape index (κ3) is 6.46. The lowest BCUT2D eigenvalue weighted by Gasteiger charge is -2.24. The molecule has 0 aliphatic carbocycles. The standard InChI is InChI=1S/C24H28N2O4S/c1-17(2)13-26(24(27)18-6-5-7-22(12-18)29-4)14-19-16-31-23(25-19)15-30-21-10-8-20(28-3)9-11-21/h5-12,16-17H,13-15H2,1-4H3. The van der Waals surface area contributed by atoms with Gasteiger partial charge in [-0.3, -0.25) is 4.79 Å². The van der Waals surface area contributed by atoms with Crippen LogP contribution in [0, 0.1) is 5.92 Å². The molecule has 3 aromatic rings. The molecule has 0 radical (unpaired) electrons. The van der Waals surface area contributed by atoms with Crippen molar-refractivity contribution in [2.45, 2.75) is 27.0 Å². The number of thiazole rings is 1. The second kappa shape index (κ2) is 10.8. The Kier molecular flexibility index (Phi) is 7.89. The molecule has 6 nitrogen and oxygen atoms in total. The summed E-state index contributed by atoms with van der Waals surface area (Å²) in [5, 5.41) is 2.85. The lowest BCUT2D eigenvalue weighted by atomic mass is 10.1. The van der Waals surface area contributed by atoms with Gasteiger partial charge in [-0.1, -0.05) is 19.9 Å². The summed E-state index contributed by atoms with van der Waals surface area (Å²) >= 11 is 1.53. The predicted molar refractivity (Wildman–Crippen MR) is 122 cm³/mol. The maximum Gasteiger partial charge on any atom is 0.254 e. The van der Waals surface area contributed by atoms with Gasteiger partial charge < -0.3 is 19.1 Å². The van der Waals surface area contributed by atoms with E-state index < -0.39 is 0 Å². The minimum atomic E-state index is -0.0309. The van der Waals surface area contributed by atoms with Crippen molar-refractivity contribution in [3.63, 3.8) is 0 Å². The molecule has 164 valence electrons. The zero-order valence-corrected chi connectivity index (χ0v) is 19.1. The van der Waals surface area contributed by atoms with Gasteiger partial charge in [-0.05, 0) is 48.4 Å². The van der Waals surface area contributed by atoms with Crippen LogP contribution < -0.4 is 14.2 Å². The van der Waals surface area contributed by atoms with E-state index in [9.17, 15) is 4.79 Å². The van der Waals surface area contributed by atoms with Gasteiger partial charge in [0.15, 0.2) is 0 Å². The third-order valence-electron chi connectivity index (χ3n) is 4.56. The predicted octanol–water partition coefficient (Wildman–Crippen LogP) is 5.04. The second-order valence-corrected chi connectivity index (χ2v) is 8.45. The first-order valence-corrected chi connectivity index (χ1v) is 11.0. The van der Waals surface area contributed by atoms with Crippen molar-refractivity contribution in [1.82, 2.24) is 9.88 Å². The smallest absolute Gasteiger partial charge is 0.254 e. The highest BCUT2D eigenvalue weighted by atomic mass is 32.1. The van der Waals surface area contributed by atoms with Crippen LogP contribution in [0.25, 0.3) is 0 Å². The van der Waals surface area contributed by atoms with E-state index in [1.807, 2.05) is 52.7 Å². The fraction of sp³-hybridized carbons (Fsp3) is 0.333. The number of hydrogen-bond acceptors (Lipinski definition) is 6. The van der Waals surface area contributed by atoms with Crippen LogP contribution in [-0.4, -0.2) is 36.6 Å². The van der Waals surface area contributed by atoms with E-state index in [2.05, 4.69) is 18.8 Å². The summed E-state index contributed by atoms with van der Waals surface area (Å²) in [6.45, 7) is 5.67. The van der Waals surface area contributed by atoms with E-state index in [1.54, 1.807) is 20.3 Å².